The van der Waals surface area contributed by atoms with Crippen LogP contribution in [-0.4, -0.2) is 37.0 Å². The summed E-state index contributed by atoms with van der Waals surface area (Å²) in [5.74, 6) is 0.791. The van der Waals surface area contributed by atoms with Crippen molar-refractivity contribution in [3.63, 3.8) is 0 Å². The first-order valence-corrected chi connectivity index (χ1v) is 6.37. The number of rotatable bonds is 1. The molecule has 0 aromatic rings. The summed E-state index contributed by atoms with van der Waals surface area (Å²) >= 11 is 0. The molecular formula is C12H26N2O. The van der Waals surface area contributed by atoms with Gasteiger partial charge < -0.3 is 10.2 Å². The van der Waals surface area contributed by atoms with Gasteiger partial charge in [0.1, 0.15) is 0 Å². The summed E-state index contributed by atoms with van der Waals surface area (Å²) in [4.78, 5) is 13.5. The van der Waals surface area contributed by atoms with E-state index in [0.29, 0.717) is 11.8 Å². The van der Waals surface area contributed by atoms with Gasteiger partial charge in [-0.15, -0.1) is 0 Å². The van der Waals surface area contributed by atoms with Crippen molar-refractivity contribution in [1.82, 2.24) is 10.2 Å². The fourth-order valence-corrected chi connectivity index (χ4v) is 1.47. The Hall–Kier alpha value is -0.570. The van der Waals surface area contributed by atoms with Crippen LogP contribution in [0.1, 0.15) is 40.5 Å². The molecule has 0 atom stereocenters. The molecule has 3 heteroatoms. The lowest BCUT2D eigenvalue weighted by Crippen LogP contribution is -2.46. The van der Waals surface area contributed by atoms with Gasteiger partial charge in [-0.3, -0.25) is 4.79 Å². The quantitative estimate of drug-likeness (QED) is 0.723. The van der Waals surface area contributed by atoms with E-state index in [1.54, 1.807) is 0 Å². The van der Waals surface area contributed by atoms with Crippen LogP contribution in [0.2, 0.25) is 0 Å². The molecule has 2 rings (SSSR count). The minimum Gasteiger partial charge on any atom is -0.340 e. The van der Waals surface area contributed by atoms with Crippen molar-refractivity contribution in [3.8, 4) is 0 Å². The van der Waals surface area contributed by atoms with Crippen LogP contribution in [0.15, 0.2) is 0 Å². The van der Waals surface area contributed by atoms with E-state index in [1.165, 1.54) is 0 Å². The summed E-state index contributed by atoms with van der Waals surface area (Å²) in [5.41, 5.74) is 0. The molecule has 2 aliphatic rings. The van der Waals surface area contributed by atoms with Crippen molar-refractivity contribution in [3.05, 3.63) is 0 Å². The van der Waals surface area contributed by atoms with Gasteiger partial charge in [0.2, 0.25) is 5.91 Å². The molecule has 1 saturated carbocycles. The largest absolute Gasteiger partial charge is 0.340 e. The molecule has 0 aromatic carbocycles. The van der Waals surface area contributed by atoms with Crippen LogP contribution >= 0.6 is 0 Å². The van der Waals surface area contributed by atoms with Crippen molar-refractivity contribution >= 4 is 5.91 Å². The Labute approximate surface area is 94.2 Å². The monoisotopic (exact) mass is 214 g/mol. The van der Waals surface area contributed by atoms with Crippen LogP contribution in [0, 0.1) is 5.92 Å². The highest BCUT2D eigenvalue weighted by Gasteiger charge is 2.33. The molecule has 1 saturated heterocycles. The average Bonchev–Trinajstić information content (AvgIpc) is 3.19. The summed E-state index contributed by atoms with van der Waals surface area (Å²) in [7, 11) is 0. The summed E-state index contributed by atoms with van der Waals surface area (Å²) in [5, 5.41) is 3.24. The van der Waals surface area contributed by atoms with Gasteiger partial charge in [-0.1, -0.05) is 27.7 Å². The Morgan fingerprint density at radius 3 is 1.93 bits per heavy atom. The lowest BCUT2D eigenvalue weighted by molar-refractivity contribution is -0.133. The van der Waals surface area contributed by atoms with E-state index in [4.69, 9.17) is 0 Å². The molecule has 0 aromatic heterocycles. The van der Waals surface area contributed by atoms with Gasteiger partial charge in [0.25, 0.3) is 0 Å². The number of carbonyl (C=O) groups excluding carboxylic acids is 1. The number of nitrogens with one attached hydrogen (secondary N) is 1. The van der Waals surface area contributed by atoms with Gasteiger partial charge in [-0.2, -0.15) is 0 Å². The van der Waals surface area contributed by atoms with Crippen molar-refractivity contribution < 1.29 is 4.79 Å². The Balaban J connectivity index is 0.000000442. The fourth-order valence-electron chi connectivity index (χ4n) is 1.47. The zero-order chi connectivity index (χ0) is 11.7. The lowest BCUT2D eigenvalue weighted by Gasteiger charge is -2.27. The number of piperazine rings is 1. The second-order valence-electron chi connectivity index (χ2n) is 3.35. The number of amides is 1. The maximum Gasteiger partial charge on any atom is 0.225 e. The first kappa shape index (κ1) is 14.4. The second-order valence-corrected chi connectivity index (χ2v) is 3.35. The van der Waals surface area contributed by atoms with Crippen molar-refractivity contribution in [2.45, 2.75) is 40.5 Å². The highest BCUT2D eigenvalue weighted by molar-refractivity contribution is 5.81. The molecule has 0 bridgehead atoms. The van der Waals surface area contributed by atoms with E-state index in [-0.39, 0.29) is 0 Å². The predicted octanol–water partition coefficient (Wildman–Crippen LogP) is 1.88. The third-order valence-electron chi connectivity index (χ3n) is 2.36. The Morgan fingerprint density at radius 1 is 1.07 bits per heavy atom. The van der Waals surface area contributed by atoms with E-state index in [2.05, 4.69) is 5.32 Å². The number of nitrogens with zero attached hydrogens (tertiary/aromatic N) is 1. The molecule has 0 unspecified atom stereocenters. The first-order valence-electron chi connectivity index (χ1n) is 6.37. The minimum atomic E-state index is 0.395. The normalized spacial score (nSPS) is 19.3. The standard InChI is InChI=1S/C8H14N2O.2C2H6/c11-8(7-1-2-7)10-5-3-9-4-6-10;2*1-2/h7,9H,1-6H2;2*1-2H3. The molecule has 15 heavy (non-hydrogen) atoms. The molecule has 1 heterocycles. The molecule has 0 spiro atoms. The topological polar surface area (TPSA) is 32.3 Å². The van der Waals surface area contributed by atoms with Crippen molar-refractivity contribution in [2.24, 2.45) is 5.92 Å². The Morgan fingerprint density at radius 2 is 1.53 bits per heavy atom. The van der Waals surface area contributed by atoms with Gasteiger partial charge in [0.05, 0.1) is 0 Å². The molecule has 1 aliphatic heterocycles. The number of hydrogen-bond donors (Lipinski definition) is 1. The second kappa shape index (κ2) is 8.72. The smallest absolute Gasteiger partial charge is 0.225 e. The highest BCUT2D eigenvalue weighted by Crippen LogP contribution is 2.30. The van der Waals surface area contributed by atoms with Crippen LogP contribution in [0.3, 0.4) is 0 Å². The predicted molar refractivity (Wildman–Crippen MR) is 64.9 cm³/mol. The van der Waals surface area contributed by atoms with E-state index in [1.807, 2.05) is 32.6 Å². The van der Waals surface area contributed by atoms with Gasteiger partial charge in [-0.05, 0) is 12.8 Å². The lowest BCUT2D eigenvalue weighted by atomic mass is 10.3. The molecule has 90 valence electrons. The van der Waals surface area contributed by atoms with Crippen LogP contribution in [0.25, 0.3) is 0 Å². The molecule has 1 aliphatic carbocycles. The summed E-state index contributed by atoms with van der Waals surface area (Å²) in [6.07, 6.45) is 2.26. The van der Waals surface area contributed by atoms with E-state index < -0.39 is 0 Å². The van der Waals surface area contributed by atoms with Crippen molar-refractivity contribution in [1.29, 1.82) is 0 Å². The van der Waals surface area contributed by atoms with E-state index in [0.717, 1.165) is 39.0 Å². The van der Waals surface area contributed by atoms with E-state index in [9.17, 15) is 4.79 Å². The minimum absolute atomic E-state index is 0.395. The summed E-state index contributed by atoms with van der Waals surface area (Å²) in [6, 6.07) is 0. The van der Waals surface area contributed by atoms with Crippen molar-refractivity contribution in [2.75, 3.05) is 26.2 Å². The Bertz CT molecular complexity index is 161. The molecule has 1 N–H and O–H groups in total. The molecule has 2 fully saturated rings. The Kier molecular flexibility index (Phi) is 8.38. The van der Waals surface area contributed by atoms with Crippen LogP contribution in [0.4, 0.5) is 0 Å². The molecule has 1 amide bonds. The SMILES string of the molecule is CC.CC.O=C(C1CC1)N1CCNCC1. The van der Waals surface area contributed by atoms with Crippen LogP contribution in [-0.2, 0) is 4.79 Å². The average molecular weight is 214 g/mol. The van der Waals surface area contributed by atoms with Gasteiger partial charge in [0.15, 0.2) is 0 Å². The third kappa shape index (κ3) is 5.17. The molecule has 3 nitrogen and oxygen atoms in total. The molecule has 0 radical (unpaired) electrons. The van der Waals surface area contributed by atoms with Crippen LogP contribution < -0.4 is 5.32 Å². The fraction of sp³-hybridized carbons (Fsp3) is 0.917. The zero-order valence-electron chi connectivity index (χ0n) is 10.7. The van der Waals surface area contributed by atoms with E-state index >= 15 is 0 Å². The zero-order valence-corrected chi connectivity index (χ0v) is 10.7. The maximum absolute atomic E-state index is 11.5. The summed E-state index contributed by atoms with van der Waals surface area (Å²) < 4.78 is 0. The van der Waals surface area contributed by atoms with Crippen LogP contribution in [0.5, 0.6) is 0 Å². The van der Waals surface area contributed by atoms with Gasteiger partial charge in [0, 0.05) is 32.1 Å². The van der Waals surface area contributed by atoms with Gasteiger partial charge in [-0.25, -0.2) is 0 Å². The number of hydrogen-bond acceptors (Lipinski definition) is 2. The third-order valence-corrected chi connectivity index (χ3v) is 2.36. The highest BCUT2D eigenvalue weighted by atomic mass is 16.2. The van der Waals surface area contributed by atoms with Gasteiger partial charge >= 0.3 is 0 Å². The summed E-state index contributed by atoms with van der Waals surface area (Å²) in [6.45, 7) is 11.8. The number of carbonyl (C=O) groups is 1. The maximum atomic E-state index is 11.5. The first-order chi connectivity index (χ1) is 7.38. The molecular weight excluding hydrogens is 188 g/mol.